The van der Waals surface area contributed by atoms with Crippen LogP contribution in [0.15, 0.2) is 42.0 Å². The molecule has 0 aliphatic heterocycles. The highest BCUT2D eigenvalue weighted by Gasteiger charge is 2.39. The number of esters is 1. The fraction of sp³-hybridized carbons (Fsp3) is 0.613. The van der Waals surface area contributed by atoms with Gasteiger partial charge in [-0.15, -0.1) is 0 Å². The first-order chi connectivity index (χ1) is 17.0. The SMILES string of the molecule is CCCCCC(O[Si](C)(C)C(C)(C)C)c1ccc(C2=C(C/C=C\CCCC(=O)OC)C(=O)CC2)cc1. The maximum Gasteiger partial charge on any atom is 0.305 e. The summed E-state index contributed by atoms with van der Waals surface area (Å²) in [4.78, 5) is 23.8. The molecule has 4 nitrogen and oxygen atoms in total. The lowest BCUT2D eigenvalue weighted by Crippen LogP contribution is -2.41. The minimum Gasteiger partial charge on any atom is -0.469 e. The Bertz CT molecular complexity index is 919. The van der Waals surface area contributed by atoms with Gasteiger partial charge in [-0.25, -0.2) is 0 Å². The monoisotopic (exact) mass is 512 g/mol. The van der Waals surface area contributed by atoms with Crippen LogP contribution in [-0.2, 0) is 18.8 Å². The van der Waals surface area contributed by atoms with E-state index in [1.807, 2.05) is 0 Å². The van der Waals surface area contributed by atoms with Gasteiger partial charge in [0.05, 0.1) is 13.2 Å². The Labute approximate surface area is 220 Å². The van der Waals surface area contributed by atoms with Gasteiger partial charge in [0, 0.05) is 18.4 Å². The molecule has 1 aliphatic carbocycles. The topological polar surface area (TPSA) is 52.6 Å². The molecule has 36 heavy (non-hydrogen) atoms. The van der Waals surface area contributed by atoms with Gasteiger partial charge < -0.3 is 9.16 Å². The number of hydrogen-bond acceptors (Lipinski definition) is 4. The van der Waals surface area contributed by atoms with Crippen LogP contribution in [0.1, 0.15) is 109 Å². The summed E-state index contributed by atoms with van der Waals surface area (Å²) in [7, 11) is -0.476. The molecule has 0 saturated heterocycles. The Morgan fingerprint density at radius 1 is 1.06 bits per heavy atom. The largest absolute Gasteiger partial charge is 0.469 e. The molecule has 0 N–H and O–H groups in total. The summed E-state index contributed by atoms with van der Waals surface area (Å²) < 4.78 is 11.6. The molecule has 0 heterocycles. The predicted molar refractivity (Wildman–Crippen MR) is 152 cm³/mol. The summed E-state index contributed by atoms with van der Waals surface area (Å²) in [5.74, 6) is 0.0807. The molecule has 200 valence electrons. The minimum atomic E-state index is -1.89. The van der Waals surface area contributed by atoms with E-state index in [1.165, 1.54) is 37.5 Å². The fourth-order valence-corrected chi connectivity index (χ4v) is 5.67. The van der Waals surface area contributed by atoms with Crippen molar-refractivity contribution in [3.8, 4) is 0 Å². The molecule has 0 amide bonds. The Morgan fingerprint density at radius 3 is 2.36 bits per heavy atom. The van der Waals surface area contributed by atoms with Crippen LogP contribution in [0, 0.1) is 0 Å². The number of benzene rings is 1. The van der Waals surface area contributed by atoms with Gasteiger partial charge in [-0.2, -0.15) is 0 Å². The highest BCUT2D eigenvalue weighted by Crippen LogP contribution is 2.41. The normalized spacial score (nSPS) is 15.7. The second-order valence-electron chi connectivity index (χ2n) is 11.5. The first-order valence-corrected chi connectivity index (χ1v) is 16.7. The van der Waals surface area contributed by atoms with Gasteiger partial charge in [0.15, 0.2) is 14.1 Å². The number of ketones is 1. The Balaban J connectivity index is 2.15. The number of carbonyl (C=O) groups excluding carboxylic acids is 2. The van der Waals surface area contributed by atoms with Gasteiger partial charge in [0.1, 0.15) is 0 Å². The zero-order valence-electron chi connectivity index (χ0n) is 23.7. The Kier molecular flexibility index (Phi) is 11.8. The lowest BCUT2D eigenvalue weighted by atomic mass is 9.96. The zero-order chi connectivity index (χ0) is 26.8. The average molecular weight is 513 g/mol. The molecule has 1 aliphatic rings. The van der Waals surface area contributed by atoms with E-state index < -0.39 is 8.32 Å². The van der Waals surface area contributed by atoms with E-state index in [9.17, 15) is 9.59 Å². The molecule has 0 fully saturated rings. The standard InChI is InChI=1S/C31H48O4Si/c1-8-9-12-16-29(35-36(6,7)31(2,3)4)25-20-18-24(19-21-25)26-22-23-28(32)27(26)15-13-10-11-14-17-30(33)34-5/h10,13,18-21,29H,8-9,11-12,14-17,22-23H2,1-7H3/b13-10-. The van der Waals surface area contributed by atoms with Crippen molar-refractivity contribution in [2.45, 2.75) is 116 Å². The summed E-state index contributed by atoms with van der Waals surface area (Å²) in [6, 6.07) is 8.81. The van der Waals surface area contributed by atoms with E-state index >= 15 is 0 Å². The minimum absolute atomic E-state index is 0.123. The fourth-order valence-electron chi connectivity index (χ4n) is 4.35. The summed E-state index contributed by atoms with van der Waals surface area (Å²) in [6.45, 7) is 13.8. The van der Waals surface area contributed by atoms with Gasteiger partial charge in [0.2, 0.25) is 0 Å². The highest BCUT2D eigenvalue weighted by atomic mass is 28.4. The number of unbranched alkanes of at least 4 members (excludes halogenated alkanes) is 3. The second-order valence-corrected chi connectivity index (χ2v) is 16.3. The van der Waals surface area contributed by atoms with Gasteiger partial charge in [-0.05, 0) is 66.9 Å². The van der Waals surface area contributed by atoms with E-state index in [0.29, 0.717) is 19.3 Å². The lowest BCUT2D eigenvalue weighted by molar-refractivity contribution is -0.140. The number of hydrogen-bond donors (Lipinski definition) is 0. The van der Waals surface area contributed by atoms with Crippen LogP contribution in [-0.4, -0.2) is 27.2 Å². The van der Waals surface area contributed by atoms with Crippen molar-refractivity contribution < 1.29 is 18.8 Å². The maximum atomic E-state index is 12.6. The predicted octanol–water partition coefficient (Wildman–Crippen LogP) is 8.74. The quantitative estimate of drug-likeness (QED) is 0.108. The summed E-state index contributed by atoms with van der Waals surface area (Å²) in [5.41, 5.74) is 4.51. The number of allylic oxidation sites excluding steroid dienone is 4. The molecule has 5 heteroatoms. The third-order valence-electron chi connectivity index (χ3n) is 7.71. The number of carbonyl (C=O) groups is 2. The number of Topliss-reactive ketones (excluding diaryl/α,β-unsaturated/α-hetero) is 1. The lowest BCUT2D eigenvalue weighted by Gasteiger charge is -2.39. The number of ether oxygens (including phenoxy) is 1. The number of methoxy groups -OCH3 is 1. The number of rotatable bonds is 14. The van der Waals surface area contributed by atoms with Crippen LogP contribution < -0.4 is 0 Å². The van der Waals surface area contributed by atoms with Crippen LogP contribution in [0.2, 0.25) is 18.1 Å². The second kappa shape index (κ2) is 14.1. The van der Waals surface area contributed by atoms with Crippen molar-refractivity contribution in [1.29, 1.82) is 0 Å². The van der Waals surface area contributed by atoms with Gasteiger partial charge in [-0.3, -0.25) is 9.59 Å². The Morgan fingerprint density at radius 2 is 1.75 bits per heavy atom. The Hall–Kier alpha value is -1.98. The van der Waals surface area contributed by atoms with E-state index in [-0.39, 0.29) is 22.9 Å². The maximum absolute atomic E-state index is 12.6. The third kappa shape index (κ3) is 8.84. The third-order valence-corrected chi connectivity index (χ3v) is 12.2. The summed E-state index contributed by atoms with van der Waals surface area (Å²) in [5, 5.41) is 0.173. The molecule has 2 rings (SSSR count). The smallest absolute Gasteiger partial charge is 0.305 e. The molecule has 0 aromatic heterocycles. The zero-order valence-corrected chi connectivity index (χ0v) is 24.7. The average Bonchev–Trinajstić information content (AvgIpc) is 3.20. The van der Waals surface area contributed by atoms with Crippen LogP contribution in [0.25, 0.3) is 5.57 Å². The molecule has 1 aromatic rings. The van der Waals surface area contributed by atoms with Crippen LogP contribution in [0.4, 0.5) is 0 Å². The summed E-state index contributed by atoms with van der Waals surface area (Å²) in [6.07, 6.45) is 13.0. The van der Waals surface area contributed by atoms with Crippen molar-refractivity contribution in [3.63, 3.8) is 0 Å². The van der Waals surface area contributed by atoms with Gasteiger partial charge >= 0.3 is 5.97 Å². The summed E-state index contributed by atoms with van der Waals surface area (Å²) >= 11 is 0. The van der Waals surface area contributed by atoms with E-state index in [1.54, 1.807) is 0 Å². The van der Waals surface area contributed by atoms with Crippen LogP contribution in [0.5, 0.6) is 0 Å². The molecular weight excluding hydrogens is 464 g/mol. The van der Waals surface area contributed by atoms with Crippen molar-refractivity contribution in [1.82, 2.24) is 0 Å². The van der Waals surface area contributed by atoms with Gasteiger partial charge in [-0.1, -0.05) is 83.4 Å². The van der Waals surface area contributed by atoms with Gasteiger partial charge in [0.25, 0.3) is 0 Å². The molecular formula is C31H48O4Si. The van der Waals surface area contributed by atoms with Crippen molar-refractivity contribution in [3.05, 3.63) is 53.1 Å². The van der Waals surface area contributed by atoms with Crippen molar-refractivity contribution in [2.24, 2.45) is 0 Å². The van der Waals surface area contributed by atoms with Crippen molar-refractivity contribution in [2.75, 3.05) is 7.11 Å². The first kappa shape index (κ1) is 30.2. The molecule has 1 aromatic carbocycles. The van der Waals surface area contributed by atoms with E-state index in [0.717, 1.165) is 36.8 Å². The van der Waals surface area contributed by atoms with E-state index in [2.05, 4.69) is 81.9 Å². The molecule has 0 saturated carbocycles. The molecule has 1 atom stereocenters. The van der Waals surface area contributed by atoms with Crippen LogP contribution in [0.3, 0.4) is 0 Å². The molecule has 0 bridgehead atoms. The van der Waals surface area contributed by atoms with Crippen molar-refractivity contribution >= 4 is 25.6 Å². The molecule has 0 radical (unpaired) electrons. The molecule has 1 unspecified atom stereocenters. The highest BCUT2D eigenvalue weighted by molar-refractivity contribution is 6.74. The van der Waals surface area contributed by atoms with Crippen LogP contribution >= 0.6 is 0 Å². The first-order valence-electron chi connectivity index (χ1n) is 13.7. The van der Waals surface area contributed by atoms with E-state index in [4.69, 9.17) is 4.43 Å². The molecule has 0 spiro atoms.